The van der Waals surface area contributed by atoms with E-state index in [-0.39, 0.29) is 0 Å². The molecule has 2 aromatic heterocycles. The van der Waals surface area contributed by atoms with Crippen molar-refractivity contribution in [3.05, 3.63) is 11.6 Å². The highest BCUT2D eigenvalue weighted by Gasteiger charge is 2.13. The number of aryl methyl sites for hydroxylation is 2. The smallest absolute Gasteiger partial charge is 0.151 e. The lowest BCUT2D eigenvalue weighted by atomic mass is 10.3. The molecule has 6 nitrogen and oxygen atoms in total. The Bertz CT molecular complexity index is 422. The van der Waals surface area contributed by atoms with Gasteiger partial charge in [-0.25, -0.2) is 9.97 Å². The highest BCUT2D eigenvalue weighted by atomic mass is 15.1. The van der Waals surface area contributed by atoms with Gasteiger partial charge in [0.05, 0.1) is 0 Å². The molecule has 0 saturated carbocycles. The van der Waals surface area contributed by atoms with Crippen LogP contribution in [-0.2, 0) is 0 Å². The second kappa shape index (κ2) is 2.76. The second-order valence-corrected chi connectivity index (χ2v) is 3.16. The van der Waals surface area contributed by atoms with Crippen molar-refractivity contribution in [2.24, 2.45) is 0 Å². The Labute approximate surface area is 80.8 Å². The zero-order valence-electron chi connectivity index (χ0n) is 8.05. The molecule has 2 rings (SSSR count). The summed E-state index contributed by atoms with van der Waals surface area (Å²) in [6, 6.07) is 0. The lowest BCUT2D eigenvalue weighted by Gasteiger charge is -1.95. The molecule has 0 aromatic carbocycles. The number of imidazole rings is 2. The van der Waals surface area contributed by atoms with E-state index >= 15 is 0 Å². The third-order valence-electron chi connectivity index (χ3n) is 1.95. The number of rotatable bonds is 1. The van der Waals surface area contributed by atoms with Crippen LogP contribution in [0, 0.1) is 13.8 Å². The Morgan fingerprint density at radius 1 is 0.857 bits per heavy atom. The predicted molar refractivity (Wildman–Crippen MR) is 54.5 cm³/mol. The van der Waals surface area contributed by atoms with Crippen molar-refractivity contribution in [3.63, 3.8) is 0 Å². The molecule has 0 atom stereocenters. The zero-order valence-corrected chi connectivity index (χ0v) is 8.05. The normalized spacial score (nSPS) is 10.7. The van der Waals surface area contributed by atoms with E-state index < -0.39 is 0 Å². The second-order valence-electron chi connectivity index (χ2n) is 3.16. The maximum absolute atomic E-state index is 5.71. The highest BCUT2D eigenvalue weighted by molar-refractivity contribution is 5.75. The molecule has 0 spiro atoms. The third-order valence-corrected chi connectivity index (χ3v) is 1.95. The molecule has 0 fully saturated rings. The van der Waals surface area contributed by atoms with Crippen LogP contribution in [0.4, 0.5) is 11.6 Å². The molecule has 0 aliphatic rings. The molecule has 14 heavy (non-hydrogen) atoms. The van der Waals surface area contributed by atoms with E-state index in [9.17, 15) is 0 Å². The van der Waals surface area contributed by atoms with Crippen molar-refractivity contribution < 1.29 is 0 Å². The fourth-order valence-electron chi connectivity index (χ4n) is 1.40. The summed E-state index contributed by atoms with van der Waals surface area (Å²) in [5.74, 6) is 2.36. The largest absolute Gasteiger partial charge is 0.382 e. The van der Waals surface area contributed by atoms with Crippen LogP contribution in [0.25, 0.3) is 11.4 Å². The van der Waals surface area contributed by atoms with Crippen molar-refractivity contribution >= 4 is 11.6 Å². The lowest BCUT2D eigenvalue weighted by Crippen LogP contribution is -1.92. The van der Waals surface area contributed by atoms with E-state index in [4.69, 9.17) is 11.5 Å². The molecule has 0 bridgehead atoms. The van der Waals surface area contributed by atoms with Gasteiger partial charge in [0.1, 0.15) is 23.0 Å². The number of hydrogen-bond acceptors (Lipinski definition) is 4. The number of nitrogens with one attached hydrogen (secondary N) is 2. The molecular weight excluding hydrogens is 180 g/mol. The molecule has 0 aliphatic carbocycles. The van der Waals surface area contributed by atoms with Gasteiger partial charge in [0.2, 0.25) is 0 Å². The van der Waals surface area contributed by atoms with Gasteiger partial charge in [0, 0.05) is 0 Å². The number of H-pyrrole nitrogens is 2. The highest BCUT2D eigenvalue weighted by Crippen LogP contribution is 2.26. The van der Waals surface area contributed by atoms with Crippen molar-refractivity contribution in [1.29, 1.82) is 0 Å². The van der Waals surface area contributed by atoms with Crippen LogP contribution in [0.2, 0.25) is 0 Å². The monoisotopic (exact) mass is 192 g/mol. The van der Waals surface area contributed by atoms with E-state index in [1.165, 1.54) is 0 Å². The first kappa shape index (κ1) is 8.61. The van der Waals surface area contributed by atoms with E-state index in [0.717, 1.165) is 11.6 Å². The van der Waals surface area contributed by atoms with Gasteiger partial charge in [-0.3, -0.25) is 0 Å². The average molecular weight is 192 g/mol. The van der Waals surface area contributed by atoms with Gasteiger partial charge < -0.3 is 21.4 Å². The van der Waals surface area contributed by atoms with E-state index in [0.29, 0.717) is 23.0 Å². The molecule has 6 heteroatoms. The Kier molecular flexibility index (Phi) is 1.70. The quantitative estimate of drug-likeness (QED) is 0.529. The summed E-state index contributed by atoms with van der Waals surface area (Å²) in [5, 5.41) is 0. The van der Waals surface area contributed by atoms with Gasteiger partial charge in [-0.05, 0) is 13.8 Å². The fourth-order valence-corrected chi connectivity index (χ4v) is 1.40. The zero-order chi connectivity index (χ0) is 10.3. The molecule has 2 heterocycles. The molecule has 0 unspecified atom stereocenters. The van der Waals surface area contributed by atoms with Gasteiger partial charge in [0.25, 0.3) is 0 Å². The van der Waals surface area contributed by atoms with Crippen molar-refractivity contribution in [2.45, 2.75) is 13.8 Å². The maximum atomic E-state index is 5.71. The SMILES string of the molecule is Cc1nc(N)c(-c2[nH]c(C)nc2N)[nH]1. The summed E-state index contributed by atoms with van der Waals surface area (Å²) in [6.07, 6.45) is 0. The van der Waals surface area contributed by atoms with Gasteiger partial charge in [0.15, 0.2) is 11.6 Å². The van der Waals surface area contributed by atoms with Crippen LogP contribution in [-0.4, -0.2) is 19.9 Å². The van der Waals surface area contributed by atoms with Crippen molar-refractivity contribution in [1.82, 2.24) is 19.9 Å². The van der Waals surface area contributed by atoms with Crippen LogP contribution in [0.3, 0.4) is 0 Å². The number of nitrogens with two attached hydrogens (primary N) is 2. The van der Waals surface area contributed by atoms with Gasteiger partial charge in [-0.2, -0.15) is 0 Å². The van der Waals surface area contributed by atoms with Crippen LogP contribution in [0.15, 0.2) is 0 Å². The summed E-state index contributed by atoms with van der Waals surface area (Å²) in [4.78, 5) is 14.2. The summed E-state index contributed by atoms with van der Waals surface area (Å²) in [5.41, 5.74) is 12.8. The number of nitrogens with zero attached hydrogens (tertiary/aromatic N) is 2. The Hall–Kier alpha value is -1.98. The number of aromatic nitrogens is 4. The molecule has 0 saturated heterocycles. The molecule has 0 aliphatic heterocycles. The number of nitrogen functional groups attached to an aromatic ring is 2. The predicted octanol–water partition coefficient (Wildman–Crippen LogP) is 0.581. The first-order valence-electron chi connectivity index (χ1n) is 4.22. The molecule has 0 radical (unpaired) electrons. The standard InChI is InChI=1S/C8H12N6/c1-3-11-5(7(9)13-3)6-8(10)14-4(2)12-6/h9-10H2,1-2H3,(H,11,13)(H,12,14). The summed E-state index contributed by atoms with van der Waals surface area (Å²) in [6.45, 7) is 3.67. The summed E-state index contributed by atoms with van der Waals surface area (Å²) < 4.78 is 0. The number of hydrogen-bond donors (Lipinski definition) is 4. The fraction of sp³-hybridized carbons (Fsp3) is 0.250. The van der Waals surface area contributed by atoms with E-state index in [1.54, 1.807) is 0 Å². The Morgan fingerprint density at radius 2 is 1.21 bits per heavy atom. The van der Waals surface area contributed by atoms with Gasteiger partial charge in [-0.1, -0.05) is 0 Å². The number of aromatic amines is 2. The summed E-state index contributed by atoms with van der Waals surface area (Å²) in [7, 11) is 0. The van der Waals surface area contributed by atoms with Crippen LogP contribution < -0.4 is 11.5 Å². The van der Waals surface area contributed by atoms with Crippen molar-refractivity contribution in [3.8, 4) is 11.4 Å². The third kappa shape index (κ3) is 1.20. The van der Waals surface area contributed by atoms with E-state index in [2.05, 4.69) is 19.9 Å². The Morgan fingerprint density at radius 3 is 1.43 bits per heavy atom. The molecule has 74 valence electrons. The average Bonchev–Trinajstić information content (AvgIpc) is 2.55. The minimum absolute atomic E-state index is 0.429. The summed E-state index contributed by atoms with van der Waals surface area (Å²) >= 11 is 0. The topological polar surface area (TPSA) is 109 Å². The minimum atomic E-state index is 0.429. The van der Waals surface area contributed by atoms with Crippen LogP contribution in [0.1, 0.15) is 11.6 Å². The van der Waals surface area contributed by atoms with E-state index in [1.807, 2.05) is 13.8 Å². The van der Waals surface area contributed by atoms with Crippen LogP contribution >= 0.6 is 0 Å². The minimum Gasteiger partial charge on any atom is -0.382 e. The molecule has 6 N–H and O–H groups in total. The lowest BCUT2D eigenvalue weighted by molar-refractivity contribution is 1.14. The first-order chi connectivity index (χ1) is 6.58. The van der Waals surface area contributed by atoms with Gasteiger partial charge in [-0.15, -0.1) is 0 Å². The van der Waals surface area contributed by atoms with Crippen molar-refractivity contribution in [2.75, 3.05) is 11.5 Å². The Balaban J connectivity index is 2.59. The number of anilines is 2. The first-order valence-corrected chi connectivity index (χ1v) is 4.22. The molecule has 2 aromatic rings. The molecular formula is C8H12N6. The maximum Gasteiger partial charge on any atom is 0.151 e. The van der Waals surface area contributed by atoms with Gasteiger partial charge >= 0.3 is 0 Å². The van der Waals surface area contributed by atoms with Crippen LogP contribution in [0.5, 0.6) is 0 Å². The molecule has 0 amide bonds.